The Morgan fingerprint density at radius 3 is 2.29 bits per heavy atom. The zero-order valence-electron chi connectivity index (χ0n) is 19.5. The molecular weight excluding hydrogens is 485 g/mol. The minimum absolute atomic E-state index is 0.152. The number of hydrogen-bond acceptors (Lipinski definition) is 4. The molecule has 182 valence electrons. The van der Waals surface area contributed by atoms with Gasteiger partial charge in [0.05, 0.1) is 6.04 Å². The van der Waals surface area contributed by atoms with Crippen LogP contribution in [-0.2, 0) is 24.3 Å². The van der Waals surface area contributed by atoms with E-state index in [1.54, 1.807) is 23.1 Å². The van der Waals surface area contributed by atoms with Crippen LogP contribution in [0.1, 0.15) is 16.7 Å². The van der Waals surface area contributed by atoms with Crippen molar-refractivity contribution in [3.05, 3.63) is 87.4 Å². The molecule has 1 heterocycles. The molecule has 0 radical (unpaired) electrons. The third-order valence-corrected chi connectivity index (χ3v) is 6.50. The molecule has 0 fully saturated rings. The standard InChI is InChI=1S/C26H27Cl2N5O2/c1-32(2)22-9-7-20(8-10-22)30-26(35)31-21-6-4-17-14-33(15-18(17)11-21)25(34)24(29)12-16-3-5-19(27)13-23(16)28/h3-11,13,24H,12,14-15,29H2,1-2H3,(H2,30,31,35)/t24-/m1/s1. The molecule has 0 bridgehead atoms. The molecule has 1 atom stereocenters. The Morgan fingerprint density at radius 1 is 0.943 bits per heavy atom. The van der Waals surface area contributed by atoms with Crippen molar-refractivity contribution in [3.8, 4) is 0 Å². The smallest absolute Gasteiger partial charge is 0.323 e. The van der Waals surface area contributed by atoms with E-state index in [0.29, 0.717) is 40.9 Å². The lowest BCUT2D eigenvalue weighted by atomic mass is 10.1. The summed E-state index contributed by atoms with van der Waals surface area (Å²) in [5.74, 6) is -0.152. The van der Waals surface area contributed by atoms with Crippen molar-refractivity contribution < 1.29 is 9.59 Å². The van der Waals surface area contributed by atoms with Crippen LogP contribution < -0.4 is 21.3 Å². The second-order valence-corrected chi connectivity index (χ2v) is 9.59. The van der Waals surface area contributed by atoms with E-state index in [1.807, 2.05) is 61.5 Å². The summed E-state index contributed by atoms with van der Waals surface area (Å²) in [6.45, 7) is 0.903. The number of carbonyl (C=O) groups is 2. The molecule has 4 rings (SSSR count). The highest BCUT2D eigenvalue weighted by molar-refractivity contribution is 6.35. The summed E-state index contributed by atoms with van der Waals surface area (Å²) in [4.78, 5) is 29.1. The zero-order valence-corrected chi connectivity index (χ0v) is 21.0. The average molecular weight is 512 g/mol. The van der Waals surface area contributed by atoms with Crippen molar-refractivity contribution >= 4 is 52.2 Å². The van der Waals surface area contributed by atoms with Crippen LogP contribution >= 0.6 is 23.2 Å². The number of hydrogen-bond donors (Lipinski definition) is 3. The molecule has 0 saturated heterocycles. The van der Waals surface area contributed by atoms with Crippen LogP contribution in [0.3, 0.4) is 0 Å². The molecule has 0 unspecified atom stereocenters. The van der Waals surface area contributed by atoms with Crippen molar-refractivity contribution in [1.29, 1.82) is 0 Å². The van der Waals surface area contributed by atoms with Gasteiger partial charge in [-0.15, -0.1) is 0 Å². The Balaban J connectivity index is 1.34. The number of nitrogens with zero attached hydrogens (tertiary/aromatic N) is 2. The molecule has 0 aliphatic carbocycles. The number of rotatable bonds is 6. The van der Waals surface area contributed by atoms with E-state index in [2.05, 4.69) is 10.6 Å². The van der Waals surface area contributed by atoms with Crippen LogP contribution in [-0.4, -0.2) is 37.0 Å². The normalized spacial score (nSPS) is 13.2. The van der Waals surface area contributed by atoms with Gasteiger partial charge in [-0.1, -0.05) is 35.3 Å². The summed E-state index contributed by atoms with van der Waals surface area (Å²) >= 11 is 12.2. The van der Waals surface area contributed by atoms with Crippen LogP contribution in [0.25, 0.3) is 0 Å². The molecule has 3 aromatic carbocycles. The number of urea groups is 1. The monoisotopic (exact) mass is 511 g/mol. The summed E-state index contributed by atoms with van der Waals surface area (Å²) in [5, 5.41) is 6.71. The van der Waals surface area contributed by atoms with Gasteiger partial charge in [0.2, 0.25) is 5.91 Å². The molecule has 1 aliphatic rings. The summed E-state index contributed by atoms with van der Waals surface area (Å²) < 4.78 is 0. The number of carbonyl (C=O) groups excluding carboxylic acids is 2. The van der Waals surface area contributed by atoms with Crippen molar-refractivity contribution in [2.24, 2.45) is 5.73 Å². The van der Waals surface area contributed by atoms with Gasteiger partial charge in [0.1, 0.15) is 0 Å². The maximum Gasteiger partial charge on any atom is 0.323 e. The van der Waals surface area contributed by atoms with Crippen molar-refractivity contribution in [2.45, 2.75) is 25.6 Å². The lowest BCUT2D eigenvalue weighted by Crippen LogP contribution is -2.42. The first-order valence-corrected chi connectivity index (χ1v) is 11.9. The van der Waals surface area contributed by atoms with Crippen LogP contribution in [0.5, 0.6) is 0 Å². The van der Waals surface area contributed by atoms with Gasteiger partial charge in [-0.05, 0) is 71.6 Å². The fourth-order valence-corrected chi connectivity index (χ4v) is 4.50. The lowest BCUT2D eigenvalue weighted by Gasteiger charge is -2.20. The molecule has 3 amide bonds. The minimum Gasteiger partial charge on any atom is -0.378 e. The molecule has 9 heteroatoms. The van der Waals surface area contributed by atoms with Crippen molar-refractivity contribution in [1.82, 2.24) is 4.90 Å². The van der Waals surface area contributed by atoms with E-state index in [-0.39, 0.29) is 11.9 Å². The average Bonchev–Trinajstić information content (AvgIpc) is 3.24. The van der Waals surface area contributed by atoms with Crippen LogP contribution in [0.15, 0.2) is 60.7 Å². The first kappa shape index (κ1) is 24.9. The summed E-state index contributed by atoms with van der Waals surface area (Å²) in [6.07, 6.45) is 0.324. The highest BCUT2D eigenvalue weighted by Gasteiger charge is 2.28. The Kier molecular flexibility index (Phi) is 7.50. The largest absolute Gasteiger partial charge is 0.378 e. The van der Waals surface area contributed by atoms with E-state index in [4.69, 9.17) is 28.9 Å². The second kappa shape index (κ2) is 10.6. The van der Waals surface area contributed by atoms with E-state index in [9.17, 15) is 9.59 Å². The van der Waals surface area contributed by atoms with Gasteiger partial charge < -0.3 is 26.2 Å². The van der Waals surface area contributed by atoms with Gasteiger partial charge in [-0.2, -0.15) is 0 Å². The third kappa shape index (κ3) is 6.06. The number of anilines is 3. The van der Waals surface area contributed by atoms with Gasteiger partial charge in [-0.3, -0.25) is 4.79 Å². The number of amides is 3. The number of fused-ring (bicyclic) bond motifs is 1. The quantitative estimate of drug-likeness (QED) is 0.428. The van der Waals surface area contributed by atoms with Crippen LogP contribution in [0, 0.1) is 0 Å². The predicted molar refractivity (Wildman–Crippen MR) is 142 cm³/mol. The number of benzene rings is 3. The lowest BCUT2D eigenvalue weighted by molar-refractivity contribution is -0.133. The summed E-state index contributed by atoms with van der Waals surface area (Å²) in [5.41, 5.74) is 11.4. The SMILES string of the molecule is CN(C)c1ccc(NC(=O)Nc2ccc3c(c2)CN(C(=O)[C@H](N)Cc2ccc(Cl)cc2Cl)C3)cc1. The first-order valence-electron chi connectivity index (χ1n) is 11.1. The highest BCUT2D eigenvalue weighted by Crippen LogP contribution is 2.28. The first-order chi connectivity index (χ1) is 16.7. The van der Waals surface area contributed by atoms with Gasteiger partial charge in [0.25, 0.3) is 0 Å². The minimum atomic E-state index is -0.717. The van der Waals surface area contributed by atoms with E-state index >= 15 is 0 Å². The van der Waals surface area contributed by atoms with E-state index < -0.39 is 6.04 Å². The van der Waals surface area contributed by atoms with Crippen molar-refractivity contribution in [2.75, 3.05) is 29.6 Å². The highest BCUT2D eigenvalue weighted by atomic mass is 35.5. The topological polar surface area (TPSA) is 90.7 Å². The maximum atomic E-state index is 13.0. The van der Waals surface area contributed by atoms with Crippen molar-refractivity contribution in [3.63, 3.8) is 0 Å². The summed E-state index contributed by atoms with van der Waals surface area (Å²) in [7, 11) is 3.92. The number of nitrogens with one attached hydrogen (secondary N) is 2. The molecule has 4 N–H and O–H groups in total. The molecule has 3 aromatic rings. The number of halogens is 2. The van der Waals surface area contributed by atoms with Gasteiger partial charge in [0, 0.05) is 54.3 Å². The fourth-order valence-electron chi connectivity index (χ4n) is 4.01. The Bertz CT molecular complexity index is 1250. The molecule has 0 aromatic heterocycles. The molecule has 0 spiro atoms. The van der Waals surface area contributed by atoms with E-state index in [0.717, 1.165) is 22.4 Å². The Hall–Kier alpha value is -3.26. The van der Waals surface area contributed by atoms with Gasteiger partial charge >= 0.3 is 6.03 Å². The second-order valence-electron chi connectivity index (χ2n) is 8.74. The Labute approximate surface area is 214 Å². The molecule has 0 saturated carbocycles. The van der Waals surface area contributed by atoms with Crippen LogP contribution in [0.2, 0.25) is 10.0 Å². The summed E-state index contributed by atoms with van der Waals surface area (Å²) in [6, 6.07) is 17.3. The predicted octanol–water partition coefficient (Wildman–Crippen LogP) is 5.12. The number of nitrogens with two attached hydrogens (primary N) is 1. The maximum absolute atomic E-state index is 13.0. The van der Waals surface area contributed by atoms with Crippen LogP contribution in [0.4, 0.5) is 21.9 Å². The van der Waals surface area contributed by atoms with Gasteiger partial charge in [-0.25, -0.2) is 4.79 Å². The molecule has 35 heavy (non-hydrogen) atoms. The Morgan fingerprint density at radius 2 is 1.60 bits per heavy atom. The third-order valence-electron chi connectivity index (χ3n) is 5.91. The van der Waals surface area contributed by atoms with Gasteiger partial charge in [0.15, 0.2) is 0 Å². The fraction of sp³-hybridized carbons (Fsp3) is 0.231. The van der Waals surface area contributed by atoms with E-state index in [1.165, 1.54) is 0 Å². The molecule has 7 nitrogen and oxygen atoms in total. The zero-order chi connectivity index (χ0) is 25.1. The molecule has 1 aliphatic heterocycles. The molecular formula is C26H27Cl2N5O2.